The minimum absolute atomic E-state index is 0.149. The van der Waals surface area contributed by atoms with Gasteiger partial charge in [-0.15, -0.1) is 10.2 Å². The quantitative estimate of drug-likeness (QED) is 0.346. The number of carbonyl (C=O) groups is 1. The molecule has 0 spiro atoms. The summed E-state index contributed by atoms with van der Waals surface area (Å²) in [5, 5.41) is 8.84. The van der Waals surface area contributed by atoms with Gasteiger partial charge in [-0.25, -0.2) is 8.42 Å². The van der Waals surface area contributed by atoms with Crippen molar-refractivity contribution in [2.45, 2.75) is 31.1 Å². The molecule has 3 aromatic rings. The average Bonchev–Trinajstić information content (AvgIpc) is 3.26. The minimum atomic E-state index is -3.83. The van der Waals surface area contributed by atoms with Crippen LogP contribution in [0.3, 0.4) is 0 Å². The topological polar surface area (TPSA) is 105 Å². The summed E-state index contributed by atoms with van der Waals surface area (Å²) >= 11 is 0. The number of hydrogen-bond acceptors (Lipinski definition) is 8. The molecule has 0 atom stereocenters. The van der Waals surface area contributed by atoms with Gasteiger partial charge in [0, 0.05) is 38.3 Å². The number of ether oxygens (including phenoxy) is 2. The van der Waals surface area contributed by atoms with Gasteiger partial charge in [-0.3, -0.25) is 4.79 Å². The molecular weight excluding hydrogens is 530 g/mol. The Bertz CT molecular complexity index is 1350. The lowest BCUT2D eigenvalue weighted by Gasteiger charge is -2.26. The van der Waals surface area contributed by atoms with Gasteiger partial charge in [-0.1, -0.05) is 13.3 Å². The third-order valence-electron chi connectivity index (χ3n) is 6.98. The zero-order valence-electron chi connectivity index (χ0n) is 23.3. The highest BCUT2D eigenvalue weighted by molar-refractivity contribution is 7.89. The number of unbranched alkanes of at least 4 members (excludes halogenated alkanes) is 1. The number of amides is 1. The molecular formula is C29H37N5O5S. The molecule has 0 bridgehead atoms. The van der Waals surface area contributed by atoms with E-state index in [-0.39, 0.29) is 23.9 Å². The Labute approximate surface area is 236 Å². The first kappa shape index (κ1) is 29.3. The number of anilines is 1. The number of methoxy groups -OCH3 is 2. The van der Waals surface area contributed by atoms with E-state index < -0.39 is 10.0 Å². The van der Waals surface area contributed by atoms with Crippen molar-refractivity contribution in [3.63, 3.8) is 0 Å². The second-order valence-electron chi connectivity index (χ2n) is 9.59. The third-order valence-corrected chi connectivity index (χ3v) is 8.84. The van der Waals surface area contributed by atoms with Gasteiger partial charge in [0.25, 0.3) is 0 Å². The summed E-state index contributed by atoms with van der Waals surface area (Å²) in [4.78, 5) is 17.4. The van der Waals surface area contributed by atoms with Crippen molar-refractivity contribution < 1.29 is 22.7 Å². The number of hydrogen-bond donors (Lipinski definition) is 0. The number of rotatable bonds is 11. The van der Waals surface area contributed by atoms with Crippen LogP contribution in [0.15, 0.2) is 65.6 Å². The summed E-state index contributed by atoms with van der Waals surface area (Å²) in [5.74, 6) is 1.90. The summed E-state index contributed by atoms with van der Waals surface area (Å²) in [6.45, 7) is 4.43. The number of aromatic nitrogens is 2. The maximum Gasteiger partial charge on any atom is 0.243 e. The van der Waals surface area contributed by atoms with Crippen LogP contribution in [-0.2, 0) is 14.8 Å². The Kier molecular flexibility index (Phi) is 9.94. The molecule has 0 unspecified atom stereocenters. The van der Waals surface area contributed by atoms with Gasteiger partial charge in [0.1, 0.15) is 11.5 Å². The highest BCUT2D eigenvalue weighted by Crippen LogP contribution is 2.23. The highest BCUT2D eigenvalue weighted by Gasteiger charge is 2.29. The molecule has 2 heterocycles. The first-order chi connectivity index (χ1) is 19.3. The smallest absolute Gasteiger partial charge is 0.243 e. The Hall–Kier alpha value is -3.70. The zero-order valence-corrected chi connectivity index (χ0v) is 24.1. The summed E-state index contributed by atoms with van der Waals surface area (Å²) < 4.78 is 38.5. The number of carbonyl (C=O) groups excluding carboxylic acids is 1. The standard InChI is InChI=1S/C29H37N5O5S/c1-4-5-19-34(40(36,37)26-13-11-25(39-3)12-14-26)22-29(35)33-18-6-17-32(20-21-33)28-16-15-27(30-31-28)23-7-9-24(38-2)10-8-23/h7-16H,4-6,17-22H2,1-3H3. The largest absolute Gasteiger partial charge is 0.497 e. The fraction of sp³-hybridized carbons (Fsp3) is 0.414. The van der Waals surface area contributed by atoms with Crippen LogP contribution in [0.1, 0.15) is 26.2 Å². The monoisotopic (exact) mass is 567 g/mol. The molecule has 0 N–H and O–H groups in total. The van der Waals surface area contributed by atoms with Gasteiger partial charge >= 0.3 is 0 Å². The molecule has 1 amide bonds. The molecule has 0 radical (unpaired) electrons. The fourth-order valence-corrected chi connectivity index (χ4v) is 6.00. The molecule has 1 aliphatic heterocycles. The van der Waals surface area contributed by atoms with Crippen molar-refractivity contribution in [1.29, 1.82) is 0 Å². The van der Waals surface area contributed by atoms with Gasteiger partial charge in [-0.05, 0) is 73.5 Å². The maximum atomic E-state index is 13.4. The van der Waals surface area contributed by atoms with E-state index in [1.165, 1.54) is 23.5 Å². The van der Waals surface area contributed by atoms with E-state index in [0.29, 0.717) is 31.8 Å². The van der Waals surface area contributed by atoms with E-state index >= 15 is 0 Å². The molecule has 4 rings (SSSR count). The predicted molar refractivity (Wildman–Crippen MR) is 154 cm³/mol. The zero-order chi connectivity index (χ0) is 28.5. The fourth-order valence-electron chi connectivity index (χ4n) is 4.57. The van der Waals surface area contributed by atoms with Crippen molar-refractivity contribution in [2.24, 2.45) is 0 Å². The lowest BCUT2D eigenvalue weighted by molar-refractivity contribution is -0.131. The molecule has 0 saturated carbocycles. The molecule has 1 fully saturated rings. The van der Waals surface area contributed by atoms with Crippen LogP contribution in [0, 0.1) is 0 Å². The second kappa shape index (κ2) is 13.6. The average molecular weight is 568 g/mol. The molecule has 1 aromatic heterocycles. The second-order valence-corrected chi connectivity index (χ2v) is 11.5. The van der Waals surface area contributed by atoms with Crippen molar-refractivity contribution in [1.82, 2.24) is 19.4 Å². The number of sulfonamides is 1. The van der Waals surface area contributed by atoms with E-state index in [1.54, 1.807) is 24.1 Å². The van der Waals surface area contributed by atoms with Crippen molar-refractivity contribution in [3.8, 4) is 22.8 Å². The molecule has 40 heavy (non-hydrogen) atoms. The summed E-state index contributed by atoms with van der Waals surface area (Å²) in [6.07, 6.45) is 2.23. The van der Waals surface area contributed by atoms with Crippen molar-refractivity contribution >= 4 is 21.7 Å². The normalized spacial score (nSPS) is 14.2. The summed E-state index contributed by atoms with van der Waals surface area (Å²) in [6, 6.07) is 17.8. The predicted octanol–water partition coefficient (Wildman–Crippen LogP) is 3.69. The van der Waals surface area contributed by atoms with Gasteiger partial charge in [0.15, 0.2) is 5.82 Å². The SMILES string of the molecule is CCCCN(CC(=O)N1CCCN(c2ccc(-c3ccc(OC)cc3)nn2)CC1)S(=O)(=O)c1ccc(OC)cc1. The van der Waals surface area contributed by atoms with Crippen LogP contribution < -0.4 is 14.4 Å². The van der Waals surface area contributed by atoms with Crippen LogP contribution in [-0.4, -0.2) is 87.2 Å². The van der Waals surface area contributed by atoms with Crippen LogP contribution in [0.4, 0.5) is 5.82 Å². The van der Waals surface area contributed by atoms with Crippen LogP contribution >= 0.6 is 0 Å². The molecule has 2 aromatic carbocycles. The third kappa shape index (κ3) is 7.08. The highest BCUT2D eigenvalue weighted by atomic mass is 32.2. The molecule has 11 heteroatoms. The molecule has 1 saturated heterocycles. The van der Waals surface area contributed by atoms with Crippen LogP contribution in [0.5, 0.6) is 11.5 Å². The van der Waals surface area contributed by atoms with Crippen LogP contribution in [0.2, 0.25) is 0 Å². The van der Waals surface area contributed by atoms with Gasteiger partial charge in [0.2, 0.25) is 15.9 Å². The Balaban J connectivity index is 1.40. The summed E-state index contributed by atoms with van der Waals surface area (Å²) in [7, 11) is -0.670. The van der Waals surface area contributed by atoms with Gasteiger partial charge < -0.3 is 19.3 Å². The lowest BCUT2D eigenvalue weighted by atomic mass is 10.1. The Morgan fingerprint density at radius 1 is 0.875 bits per heavy atom. The first-order valence-electron chi connectivity index (χ1n) is 13.5. The molecule has 1 aliphatic rings. The van der Waals surface area contributed by atoms with Crippen molar-refractivity contribution in [2.75, 3.05) is 58.4 Å². The lowest BCUT2D eigenvalue weighted by Crippen LogP contribution is -2.44. The van der Waals surface area contributed by atoms with E-state index in [4.69, 9.17) is 9.47 Å². The first-order valence-corrected chi connectivity index (χ1v) is 14.9. The van der Waals surface area contributed by atoms with E-state index in [2.05, 4.69) is 15.1 Å². The van der Waals surface area contributed by atoms with Crippen molar-refractivity contribution in [3.05, 3.63) is 60.7 Å². The molecule has 10 nitrogen and oxygen atoms in total. The number of nitrogens with zero attached hydrogens (tertiary/aromatic N) is 5. The van der Waals surface area contributed by atoms with Gasteiger partial charge in [0.05, 0.1) is 31.4 Å². The molecule has 214 valence electrons. The summed E-state index contributed by atoms with van der Waals surface area (Å²) in [5.41, 5.74) is 1.72. The molecule has 0 aliphatic carbocycles. The minimum Gasteiger partial charge on any atom is -0.497 e. The van der Waals surface area contributed by atoms with E-state index in [0.717, 1.165) is 42.2 Å². The van der Waals surface area contributed by atoms with E-state index in [1.807, 2.05) is 43.3 Å². The van der Waals surface area contributed by atoms with Gasteiger partial charge in [-0.2, -0.15) is 4.31 Å². The number of benzene rings is 2. The maximum absolute atomic E-state index is 13.4. The Morgan fingerprint density at radius 3 is 2.15 bits per heavy atom. The van der Waals surface area contributed by atoms with E-state index in [9.17, 15) is 13.2 Å². The Morgan fingerprint density at radius 2 is 1.55 bits per heavy atom. The van der Waals surface area contributed by atoms with Crippen LogP contribution in [0.25, 0.3) is 11.3 Å².